The number of benzene rings is 1. The molecule has 1 saturated heterocycles. The molecule has 0 atom stereocenters. The predicted octanol–water partition coefficient (Wildman–Crippen LogP) is 2.63. The second-order valence-electron chi connectivity index (χ2n) is 6.87. The zero-order valence-corrected chi connectivity index (χ0v) is 17.5. The van der Waals surface area contributed by atoms with E-state index in [0.717, 1.165) is 58.6 Å². The van der Waals surface area contributed by atoms with Crippen LogP contribution in [0.15, 0.2) is 41.8 Å². The van der Waals surface area contributed by atoms with Crippen LogP contribution in [0, 0.1) is 6.92 Å². The van der Waals surface area contributed by atoms with Gasteiger partial charge in [-0.3, -0.25) is 9.69 Å². The molecule has 1 aliphatic rings. The number of nitrogens with zero attached hydrogens (tertiary/aromatic N) is 2. The molecule has 146 valence electrons. The molecule has 3 heterocycles. The lowest BCUT2D eigenvalue weighted by Crippen LogP contribution is -3.14. The first kappa shape index (κ1) is 19.3. The van der Waals surface area contributed by atoms with Gasteiger partial charge in [0.2, 0.25) is 0 Å². The molecule has 28 heavy (non-hydrogen) atoms. The molecule has 1 N–H and O–H groups in total. The van der Waals surface area contributed by atoms with Gasteiger partial charge in [-0.25, -0.2) is 4.98 Å². The number of aryl methyl sites for hydroxylation is 1. The number of hydrogen-bond donors (Lipinski definition) is 1. The van der Waals surface area contributed by atoms with Gasteiger partial charge in [-0.1, -0.05) is 29.5 Å². The highest BCUT2D eigenvalue weighted by atomic mass is 32.1. The predicted molar refractivity (Wildman–Crippen MR) is 116 cm³/mol. The Morgan fingerprint density at radius 3 is 2.89 bits per heavy atom. The number of morpholine rings is 1. The summed E-state index contributed by atoms with van der Waals surface area (Å²) in [6.07, 6.45) is 3.56. The van der Waals surface area contributed by atoms with Crippen LogP contribution < -0.4 is 9.80 Å². The van der Waals surface area contributed by atoms with Gasteiger partial charge in [0.05, 0.1) is 36.5 Å². The molecular weight excluding hydrogens is 390 g/mol. The molecule has 0 bridgehead atoms. The molecule has 1 aliphatic heterocycles. The molecule has 5 nitrogen and oxygen atoms in total. The van der Waals surface area contributed by atoms with E-state index in [4.69, 9.17) is 9.72 Å². The van der Waals surface area contributed by atoms with E-state index in [0.29, 0.717) is 6.54 Å². The highest BCUT2D eigenvalue weighted by Crippen LogP contribution is 2.30. The number of carbonyl (C=O) groups is 1. The summed E-state index contributed by atoms with van der Waals surface area (Å²) in [6, 6.07) is 10.2. The Balaban J connectivity index is 1.57. The molecular formula is C21H24N3O2S2+. The first-order valence-electron chi connectivity index (χ1n) is 9.51. The average Bonchev–Trinajstić information content (AvgIpc) is 3.38. The van der Waals surface area contributed by atoms with E-state index in [1.165, 1.54) is 4.90 Å². The molecule has 0 aliphatic carbocycles. The Morgan fingerprint density at radius 1 is 1.29 bits per heavy atom. The first-order chi connectivity index (χ1) is 13.7. The van der Waals surface area contributed by atoms with Crippen molar-refractivity contribution < 1.29 is 14.4 Å². The molecule has 0 radical (unpaired) electrons. The number of anilines is 1. The molecule has 0 saturated carbocycles. The van der Waals surface area contributed by atoms with Crippen molar-refractivity contribution in [2.24, 2.45) is 0 Å². The first-order valence-corrected chi connectivity index (χ1v) is 11.2. The third-order valence-corrected chi connectivity index (χ3v) is 6.81. The number of nitrogens with one attached hydrogen (secondary N) is 1. The van der Waals surface area contributed by atoms with Crippen molar-refractivity contribution >= 4 is 50.0 Å². The van der Waals surface area contributed by atoms with Gasteiger partial charge in [0.1, 0.15) is 13.1 Å². The zero-order chi connectivity index (χ0) is 19.3. The van der Waals surface area contributed by atoms with Crippen LogP contribution in [0.4, 0.5) is 5.13 Å². The Bertz CT molecular complexity index is 959. The summed E-state index contributed by atoms with van der Waals surface area (Å²) in [5, 5.41) is 2.79. The lowest BCUT2D eigenvalue weighted by atomic mass is 10.2. The minimum Gasteiger partial charge on any atom is -0.370 e. The van der Waals surface area contributed by atoms with E-state index in [1.807, 2.05) is 34.6 Å². The van der Waals surface area contributed by atoms with E-state index in [9.17, 15) is 4.79 Å². The van der Waals surface area contributed by atoms with Crippen LogP contribution in [-0.2, 0) is 9.53 Å². The molecule has 7 heteroatoms. The fourth-order valence-electron chi connectivity index (χ4n) is 3.30. The minimum atomic E-state index is -0.0160. The van der Waals surface area contributed by atoms with E-state index < -0.39 is 0 Å². The molecule has 0 spiro atoms. The Morgan fingerprint density at radius 2 is 2.14 bits per heavy atom. The lowest BCUT2D eigenvalue weighted by molar-refractivity contribution is -0.906. The highest BCUT2D eigenvalue weighted by Gasteiger charge is 2.22. The number of para-hydroxylation sites is 1. The van der Waals surface area contributed by atoms with Crippen molar-refractivity contribution in [1.29, 1.82) is 0 Å². The van der Waals surface area contributed by atoms with Crippen molar-refractivity contribution in [2.75, 3.05) is 44.3 Å². The molecule has 3 aromatic rings. The molecule has 4 rings (SSSR count). The van der Waals surface area contributed by atoms with Crippen molar-refractivity contribution in [2.45, 2.75) is 6.92 Å². The lowest BCUT2D eigenvalue weighted by Gasteiger charge is -2.26. The number of thiazole rings is 1. The van der Waals surface area contributed by atoms with Gasteiger partial charge >= 0.3 is 0 Å². The maximum absolute atomic E-state index is 13.0. The molecule has 1 aromatic carbocycles. The number of fused-ring (bicyclic) bond motifs is 1. The largest absolute Gasteiger partial charge is 0.370 e. The maximum Gasteiger partial charge on any atom is 0.253 e. The van der Waals surface area contributed by atoms with E-state index in [2.05, 4.69) is 19.1 Å². The second-order valence-corrected chi connectivity index (χ2v) is 8.86. The van der Waals surface area contributed by atoms with Crippen LogP contribution >= 0.6 is 22.7 Å². The van der Waals surface area contributed by atoms with Crippen LogP contribution in [0.1, 0.15) is 10.4 Å². The Hall–Kier alpha value is -2.06. The molecule has 1 amide bonds. The quantitative estimate of drug-likeness (QED) is 0.631. The van der Waals surface area contributed by atoms with Crippen LogP contribution in [0.25, 0.3) is 16.3 Å². The second kappa shape index (κ2) is 8.96. The fourth-order valence-corrected chi connectivity index (χ4v) is 4.99. The number of rotatable bonds is 6. The van der Waals surface area contributed by atoms with Crippen LogP contribution in [0.5, 0.6) is 0 Å². The zero-order valence-electron chi connectivity index (χ0n) is 15.9. The standard InChI is InChI=1S/C21H23N3O2S2/c1-16-4-2-6-18-20(16)22-21(28-18)24(10-9-23-11-13-26-14-12-23)19(25)8-7-17-5-3-15-27-17/h2-8,15H,9-14H2,1H3/p+1/b8-7+. The van der Waals surface area contributed by atoms with Crippen LogP contribution in [0.3, 0.4) is 0 Å². The summed E-state index contributed by atoms with van der Waals surface area (Å²) in [5.74, 6) is -0.0160. The van der Waals surface area contributed by atoms with Gasteiger partial charge in [0, 0.05) is 11.0 Å². The van der Waals surface area contributed by atoms with Crippen molar-refractivity contribution in [3.05, 3.63) is 52.2 Å². The van der Waals surface area contributed by atoms with Crippen molar-refractivity contribution in [3.63, 3.8) is 0 Å². The number of aromatic nitrogens is 1. The number of amides is 1. The minimum absolute atomic E-state index is 0.0160. The molecule has 2 aromatic heterocycles. The Labute approximate surface area is 172 Å². The van der Waals surface area contributed by atoms with Gasteiger partial charge in [-0.15, -0.1) is 11.3 Å². The summed E-state index contributed by atoms with van der Waals surface area (Å²) in [7, 11) is 0. The van der Waals surface area contributed by atoms with Gasteiger partial charge in [0.25, 0.3) is 5.91 Å². The average molecular weight is 415 g/mol. The number of quaternary nitrogens is 1. The topological polar surface area (TPSA) is 46.9 Å². The van der Waals surface area contributed by atoms with Crippen LogP contribution in [0.2, 0.25) is 0 Å². The van der Waals surface area contributed by atoms with Gasteiger partial charge in [0.15, 0.2) is 5.13 Å². The monoisotopic (exact) mass is 414 g/mol. The highest BCUT2D eigenvalue weighted by molar-refractivity contribution is 7.22. The van der Waals surface area contributed by atoms with E-state index >= 15 is 0 Å². The number of ether oxygens (including phenoxy) is 1. The summed E-state index contributed by atoms with van der Waals surface area (Å²) >= 11 is 3.21. The number of thiophene rings is 1. The third-order valence-electron chi connectivity index (χ3n) is 4.93. The van der Waals surface area contributed by atoms with E-state index in [-0.39, 0.29) is 5.91 Å². The maximum atomic E-state index is 13.0. The fraction of sp³-hybridized carbons (Fsp3) is 0.333. The Kier molecular flexibility index (Phi) is 6.17. The number of hydrogen-bond acceptors (Lipinski definition) is 5. The summed E-state index contributed by atoms with van der Waals surface area (Å²) in [6.45, 7) is 7.19. The van der Waals surface area contributed by atoms with Crippen molar-refractivity contribution in [3.8, 4) is 0 Å². The SMILES string of the molecule is Cc1cccc2sc(N(CC[NH+]3CCOCC3)C(=O)/C=C/c3cccs3)nc12. The van der Waals surface area contributed by atoms with Crippen LogP contribution in [-0.4, -0.2) is 50.3 Å². The van der Waals surface area contributed by atoms with Gasteiger partial charge in [-0.2, -0.15) is 0 Å². The third kappa shape index (κ3) is 4.50. The normalized spacial score (nSPS) is 15.5. The summed E-state index contributed by atoms with van der Waals surface area (Å²) < 4.78 is 6.57. The summed E-state index contributed by atoms with van der Waals surface area (Å²) in [5.41, 5.74) is 2.13. The van der Waals surface area contributed by atoms with Gasteiger partial charge < -0.3 is 9.64 Å². The molecule has 1 fully saturated rings. The molecule has 0 unspecified atom stereocenters. The smallest absolute Gasteiger partial charge is 0.253 e. The van der Waals surface area contributed by atoms with E-state index in [1.54, 1.807) is 28.7 Å². The van der Waals surface area contributed by atoms with Gasteiger partial charge in [-0.05, 0) is 36.1 Å². The summed E-state index contributed by atoms with van der Waals surface area (Å²) in [4.78, 5) is 22.2. The number of carbonyl (C=O) groups excluding carboxylic acids is 1. The van der Waals surface area contributed by atoms with Crippen molar-refractivity contribution in [1.82, 2.24) is 4.98 Å².